The van der Waals surface area contributed by atoms with Crippen LogP contribution in [0.3, 0.4) is 0 Å². The van der Waals surface area contributed by atoms with Crippen LogP contribution in [-0.4, -0.2) is 4.57 Å². The van der Waals surface area contributed by atoms with Gasteiger partial charge < -0.3 is 9.47 Å². The number of fused-ring (bicyclic) bond motifs is 3. The van der Waals surface area contributed by atoms with Gasteiger partial charge in [-0.2, -0.15) is 0 Å². The first-order valence-corrected chi connectivity index (χ1v) is 19.2. The van der Waals surface area contributed by atoms with Crippen LogP contribution in [0.1, 0.15) is 0 Å². The van der Waals surface area contributed by atoms with E-state index in [9.17, 15) is 0 Å². The molecule has 0 atom stereocenters. The molecule has 0 fully saturated rings. The molecule has 0 spiro atoms. The third-order valence-corrected chi connectivity index (χ3v) is 10.7. The van der Waals surface area contributed by atoms with Gasteiger partial charge in [-0.1, -0.05) is 164 Å². The second kappa shape index (κ2) is 14.4. The van der Waals surface area contributed by atoms with Crippen LogP contribution in [0.5, 0.6) is 0 Å². The van der Waals surface area contributed by atoms with Gasteiger partial charge in [-0.25, -0.2) is 0 Å². The highest BCUT2D eigenvalue weighted by molar-refractivity contribution is 6.16. The van der Waals surface area contributed by atoms with Crippen molar-refractivity contribution in [2.75, 3.05) is 4.90 Å². The van der Waals surface area contributed by atoms with Gasteiger partial charge in [0.25, 0.3) is 0 Å². The van der Waals surface area contributed by atoms with Crippen molar-refractivity contribution in [3.05, 3.63) is 231 Å². The van der Waals surface area contributed by atoms with E-state index >= 15 is 0 Å². The lowest BCUT2D eigenvalue weighted by molar-refractivity contribution is 1.18. The second-order valence-corrected chi connectivity index (χ2v) is 14.2. The maximum absolute atomic E-state index is 2.49. The minimum atomic E-state index is 1.08. The predicted molar refractivity (Wildman–Crippen MR) is 237 cm³/mol. The zero-order chi connectivity index (χ0) is 37.3. The van der Waals surface area contributed by atoms with Gasteiger partial charge in [-0.3, -0.25) is 0 Å². The van der Waals surface area contributed by atoms with E-state index in [4.69, 9.17) is 0 Å². The van der Waals surface area contributed by atoms with Crippen LogP contribution >= 0.6 is 0 Å². The minimum Gasteiger partial charge on any atom is -0.310 e. The molecule has 1 aromatic heterocycles. The first-order valence-electron chi connectivity index (χ1n) is 19.2. The van der Waals surface area contributed by atoms with Crippen molar-refractivity contribution >= 4 is 38.9 Å². The first-order chi connectivity index (χ1) is 27.8. The largest absolute Gasteiger partial charge is 0.310 e. The van der Waals surface area contributed by atoms with E-state index in [1.165, 1.54) is 38.5 Å². The second-order valence-electron chi connectivity index (χ2n) is 14.2. The van der Waals surface area contributed by atoms with Crippen LogP contribution < -0.4 is 4.90 Å². The monoisotopic (exact) mass is 714 g/mol. The number of para-hydroxylation sites is 2. The third-order valence-electron chi connectivity index (χ3n) is 10.7. The molecular formula is C54H38N2. The summed E-state index contributed by atoms with van der Waals surface area (Å²) < 4.78 is 2.40. The zero-order valence-corrected chi connectivity index (χ0v) is 30.8. The molecule has 0 bridgehead atoms. The van der Waals surface area contributed by atoms with E-state index < -0.39 is 0 Å². The van der Waals surface area contributed by atoms with Gasteiger partial charge in [-0.05, 0) is 111 Å². The smallest absolute Gasteiger partial charge is 0.0562 e. The molecule has 9 aromatic carbocycles. The van der Waals surface area contributed by atoms with Crippen LogP contribution in [-0.2, 0) is 0 Å². The van der Waals surface area contributed by atoms with E-state index in [1.54, 1.807) is 0 Å². The van der Waals surface area contributed by atoms with Crippen LogP contribution in [0.25, 0.3) is 72.0 Å². The van der Waals surface area contributed by atoms with Crippen LogP contribution in [0.15, 0.2) is 231 Å². The summed E-state index contributed by atoms with van der Waals surface area (Å²) in [5.41, 5.74) is 16.1. The summed E-state index contributed by atoms with van der Waals surface area (Å²) in [5, 5.41) is 2.40. The van der Waals surface area contributed by atoms with E-state index in [0.29, 0.717) is 0 Å². The van der Waals surface area contributed by atoms with Crippen molar-refractivity contribution in [3.8, 4) is 50.2 Å². The molecule has 0 N–H and O–H groups in total. The molecule has 0 amide bonds. The summed E-state index contributed by atoms with van der Waals surface area (Å²) in [6.45, 7) is 0. The number of anilines is 3. The molecule has 0 saturated heterocycles. The normalized spacial score (nSPS) is 11.2. The Morgan fingerprint density at radius 1 is 0.286 bits per heavy atom. The Kier molecular flexibility index (Phi) is 8.55. The molecule has 1 heterocycles. The molecule has 10 rings (SSSR count). The third kappa shape index (κ3) is 6.14. The molecule has 0 aliphatic rings. The number of aromatic nitrogens is 1. The average molecular weight is 715 g/mol. The van der Waals surface area contributed by atoms with Crippen LogP contribution in [0, 0.1) is 0 Å². The SMILES string of the molecule is c1ccc(-c2cc(-c3ccccc3)cc(N(c3cc(-c4ccccc4)cc(-c4ccccc4)c3)c3cccc4c3c3ccccc3n4-c3ccccc3)c2)cc1. The average Bonchev–Trinajstić information content (AvgIpc) is 3.63. The summed E-state index contributed by atoms with van der Waals surface area (Å²) in [6.07, 6.45) is 0. The number of nitrogens with zero attached hydrogens (tertiary/aromatic N) is 2. The molecule has 2 nitrogen and oxygen atoms in total. The minimum absolute atomic E-state index is 1.08. The fourth-order valence-electron chi connectivity index (χ4n) is 8.14. The molecule has 10 aromatic rings. The Balaban J connectivity index is 1.32. The Hall–Kier alpha value is -7.42. The molecular weight excluding hydrogens is 677 g/mol. The number of rotatable bonds is 8. The highest BCUT2D eigenvalue weighted by Crippen LogP contribution is 2.47. The molecule has 264 valence electrons. The Bertz CT molecular complexity index is 2690. The molecule has 0 radical (unpaired) electrons. The molecule has 0 aliphatic carbocycles. The van der Waals surface area contributed by atoms with Gasteiger partial charge in [0.15, 0.2) is 0 Å². The highest BCUT2D eigenvalue weighted by Gasteiger charge is 2.23. The van der Waals surface area contributed by atoms with E-state index in [1.807, 2.05) is 0 Å². The Morgan fingerprint density at radius 3 is 1.11 bits per heavy atom. The van der Waals surface area contributed by atoms with Crippen LogP contribution in [0.4, 0.5) is 17.1 Å². The zero-order valence-electron chi connectivity index (χ0n) is 30.8. The maximum atomic E-state index is 2.49. The highest BCUT2D eigenvalue weighted by atomic mass is 15.1. The summed E-state index contributed by atoms with van der Waals surface area (Å²) in [7, 11) is 0. The van der Waals surface area contributed by atoms with Crippen molar-refractivity contribution in [1.82, 2.24) is 4.57 Å². The van der Waals surface area contributed by atoms with Gasteiger partial charge >= 0.3 is 0 Å². The lowest BCUT2D eigenvalue weighted by Crippen LogP contribution is -2.11. The summed E-state index contributed by atoms with van der Waals surface area (Å²) >= 11 is 0. The fourth-order valence-corrected chi connectivity index (χ4v) is 8.14. The van der Waals surface area contributed by atoms with E-state index in [0.717, 1.165) is 50.5 Å². The Labute approximate surface area is 327 Å². The Morgan fingerprint density at radius 2 is 0.661 bits per heavy atom. The lowest BCUT2D eigenvalue weighted by atomic mass is 9.95. The maximum Gasteiger partial charge on any atom is 0.0562 e. The number of hydrogen-bond donors (Lipinski definition) is 0. The molecule has 0 saturated carbocycles. The van der Waals surface area contributed by atoms with E-state index in [-0.39, 0.29) is 0 Å². The molecule has 0 unspecified atom stereocenters. The first kappa shape index (κ1) is 33.2. The standard InChI is InChI=1S/C54H38N2/c1-6-19-39(20-7-1)43-33-44(40-21-8-2-9-22-40)36-48(35-43)55(49-37-45(41-23-10-3-11-24-41)34-46(38-49)42-25-12-4-13-26-42)52-31-18-32-53-54(52)50-29-16-17-30-51(50)56(53)47-27-14-5-15-28-47/h1-38H. The van der Waals surface area contributed by atoms with E-state index in [2.05, 4.69) is 240 Å². The molecule has 0 aliphatic heterocycles. The van der Waals surface area contributed by atoms with Gasteiger partial charge in [0, 0.05) is 27.8 Å². The fraction of sp³-hybridized carbons (Fsp3) is 0. The van der Waals surface area contributed by atoms with Gasteiger partial charge in [-0.15, -0.1) is 0 Å². The van der Waals surface area contributed by atoms with Gasteiger partial charge in [0.05, 0.1) is 16.7 Å². The summed E-state index contributed by atoms with van der Waals surface area (Å²) in [5.74, 6) is 0. The van der Waals surface area contributed by atoms with Gasteiger partial charge in [0.2, 0.25) is 0 Å². The van der Waals surface area contributed by atoms with Crippen molar-refractivity contribution < 1.29 is 0 Å². The van der Waals surface area contributed by atoms with Crippen molar-refractivity contribution in [1.29, 1.82) is 0 Å². The summed E-state index contributed by atoms with van der Waals surface area (Å²) in [6, 6.07) is 83.3. The van der Waals surface area contributed by atoms with Crippen LogP contribution in [0.2, 0.25) is 0 Å². The lowest BCUT2D eigenvalue weighted by Gasteiger charge is -2.29. The predicted octanol–water partition coefficient (Wildman–Crippen LogP) is 14.9. The van der Waals surface area contributed by atoms with Crippen molar-refractivity contribution in [2.45, 2.75) is 0 Å². The summed E-state index contributed by atoms with van der Waals surface area (Å²) in [4.78, 5) is 2.49. The topological polar surface area (TPSA) is 8.17 Å². The number of hydrogen-bond acceptors (Lipinski definition) is 1. The number of benzene rings is 9. The quantitative estimate of drug-likeness (QED) is 0.152. The molecule has 2 heteroatoms. The van der Waals surface area contributed by atoms with Gasteiger partial charge in [0.1, 0.15) is 0 Å². The van der Waals surface area contributed by atoms with Crippen molar-refractivity contribution in [3.63, 3.8) is 0 Å². The molecule has 56 heavy (non-hydrogen) atoms. The van der Waals surface area contributed by atoms with Crippen molar-refractivity contribution in [2.24, 2.45) is 0 Å².